The first kappa shape index (κ1) is 41.4. The van der Waals surface area contributed by atoms with Gasteiger partial charge in [-0.2, -0.15) is 5.26 Å². The van der Waals surface area contributed by atoms with E-state index in [9.17, 15) is 22.8 Å². The van der Waals surface area contributed by atoms with Crippen LogP contribution in [0.15, 0.2) is 65.3 Å². The molecule has 2 aromatic rings. The van der Waals surface area contributed by atoms with Crippen LogP contribution in [-0.2, 0) is 9.59 Å². The maximum Gasteiger partial charge on any atom is 0.267 e. The lowest BCUT2D eigenvalue weighted by atomic mass is 10.0. The molecule has 2 aromatic carbocycles. The molecule has 0 aromatic heterocycles. The lowest BCUT2D eigenvalue weighted by Gasteiger charge is -2.15. The summed E-state index contributed by atoms with van der Waals surface area (Å²) in [6.07, 6.45) is 8.76. The van der Waals surface area contributed by atoms with E-state index in [4.69, 9.17) is 34.2 Å². The number of alkyl halides is 2. The number of amides is 2. The Morgan fingerprint density at radius 1 is 1.11 bits per heavy atom. The molecule has 0 heterocycles. The molecule has 256 valence electrons. The maximum absolute atomic E-state index is 13.9. The monoisotopic (exact) mass is 692 g/mol. The number of halogens is 5. The zero-order valence-corrected chi connectivity index (χ0v) is 29.4. The van der Waals surface area contributed by atoms with Gasteiger partial charge in [-0.05, 0) is 105 Å². The number of likely N-dealkylation sites (N-methyl/N-ethyl adjacent to an activating group) is 1. The summed E-state index contributed by atoms with van der Waals surface area (Å²) < 4.78 is 40.8. The minimum absolute atomic E-state index is 0.00312. The molecule has 47 heavy (non-hydrogen) atoms. The molecule has 1 aliphatic carbocycles. The van der Waals surface area contributed by atoms with E-state index in [1.54, 1.807) is 12.1 Å². The van der Waals surface area contributed by atoms with E-state index in [1.807, 2.05) is 19.1 Å². The van der Waals surface area contributed by atoms with Gasteiger partial charge in [0.15, 0.2) is 0 Å². The van der Waals surface area contributed by atoms with Gasteiger partial charge in [0.1, 0.15) is 5.82 Å². The molecule has 0 aliphatic heterocycles. The van der Waals surface area contributed by atoms with Gasteiger partial charge in [-0.25, -0.2) is 13.2 Å². The van der Waals surface area contributed by atoms with Crippen molar-refractivity contribution in [2.45, 2.75) is 78.6 Å². The van der Waals surface area contributed by atoms with E-state index in [-0.39, 0.29) is 28.3 Å². The van der Waals surface area contributed by atoms with E-state index in [1.165, 1.54) is 70.4 Å². The minimum Gasteiger partial charge on any atom is -0.355 e. The van der Waals surface area contributed by atoms with Crippen molar-refractivity contribution in [2.24, 2.45) is 5.73 Å². The molecule has 1 fully saturated rings. The number of carbonyl (C=O) groups excluding carboxylic acids is 2. The predicted octanol–water partition coefficient (Wildman–Crippen LogP) is 8.89. The molecule has 4 N–H and O–H groups in total. The van der Waals surface area contributed by atoms with Crippen LogP contribution in [0.1, 0.15) is 89.3 Å². The van der Waals surface area contributed by atoms with Crippen molar-refractivity contribution >= 4 is 40.6 Å². The molecule has 2 amide bonds. The molecule has 11 heteroatoms. The maximum atomic E-state index is 13.9. The van der Waals surface area contributed by atoms with Gasteiger partial charge in [0.25, 0.3) is 11.8 Å². The number of nitriles is 1. The van der Waals surface area contributed by atoms with E-state index in [0.717, 1.165) is 19.5 Å². The average Bonchev–Trinajstić information content (AvgIpc) is 3.89. The van der Waals surface area contributed by atoms with Gasteiger partial charge in [0, 0.05) is 42.3 Å². The first-order valence-electron chi connectivity index (χ1n) is 15.5. The van der Waals surface area contributed by atoms with E-state index < -0.39 is 23.6 Å². The minimum atomic E-state index is -3.10. The van der Waals surface area contributed by atoms with Crippen molar-refractivity contribution < 1.29 is 22.8 Å². The first-order chi connectivity index (χ1) is 22.1. The van der Waals surface area contributed by atoms with Gasteiger partial charge in [0.2, 0.25) is 5.91 Å². The number of hydrogen-bond donors (Lipinski definition) is 3. The van der Waals surface area contributed by atoms with Crippen LogP contribution in [0.4, 0.5) is 13.2 Å². The summed E-state index contributed by atoms with van der Waals surface area (Å²) in [7, 11) is 1.44. The molecule has 0 saturated heterocycles. The van der Waals surface area contributed by atoms with Crippen LogP contribution >= 0.6 is 23.2 Å². The highest BCUT2D eigenvalue weighted by atomic mass is 35.5. The molecule has 0 bridgehead atoms. The number of nitrogens with one attached hydrogen (secondary N) is 2. The van der Waals surface area contributed by atoms with Crippen LogP contribution in [-0.4, -0.2) is 37.9 Å². The van der Waals surface area contributed by atoms with Crippen LogP contribution in [0.5, 0.6) is 0 Å². The standard InChI is InChI=1S/C22H26ClF3N2O2.C10H8ClN.C4H11N/c1-6-7-15(12-28-20(29)13(2)14(3)22(4,25)26)10-17(21(30)27-5)16-8-9-18(23)19(24)11-16;11-10-4-7(6-12)3-9(5-10)8-1-2-8;1-2-3-4-5/h7-11H,6,12H2,1-5H3,(H,27,30)(H,28,29);3-5,8H,1-2H2;2-5H2,1H3/b14-13+,15-7-,17-10-;;. The van der Waals surface area contributed by atoms with E-state index >= 15 is 0 Å². The highest BCUT2D eigenvalue weighted by Crippen LogP contribution is 2.41. The van der Waals surface area contributed by atoms with Crippen molar-refractivity contribution in [2.75, 3.05) is 20.1 Å². The lowest BCUT2D eigenvalue weighted by Crippen LogP contribution is -2.29. The third-order valence-electron chi connectivity index (χ3n) is 7.17. The van der Waals surface area contributed by atoms with Crippen molar-refractivity contribution in [3.63, 3.8) is 0 Å². The SMILES string of the molecule is CC/C=C(/C=C(\C(=O)NC)c1ccc(Cl)c(F)c1)CNC(=O)/C(C)=C(\C)C(C)(F)F.CCCCN.N#Cc1cc(Cl)cc(C2CC2)c1. The summed E-state index contributed by atoms with van der Waals surface area (Å²) in [5.41, 5.74) is 7.68. The molecular formula is C36H45Cl2F3N4O2. The molecule has 0 radical (unpaired) electrons. The van der Waals surface area contributed by atoms with Gasteiger partial charge in [0.05, 0.1) is 16.7 Å². The van der Waals surface area contributed by atoms with Crippen LogP contribution in [0, 0.1) is 17.1 Å². The summed E-state index contributed by atoms with van der Waals surface area (Å²) in [6.45, 7) is 8.10. The Kier molecular flexibility index (Phi) is 18.2. The number of allylic oxidation sites excluding steroid dienone is 2. The second kappa shape index (κ2) is 20.6. The number of nitrogens with two attached hydrogens (primary N) is 1. The number of unbranched alkanes of at least 4 members (excludes halogenated alkanes) is 1. The number of carbonyl (C=O) groups is 2. The highest BCUT2D eigenvalue weighted by molar-refractivity contribution is 6.31. The molecule has 0 atom stereocenters. The van der Waals surface area contributed by atoms with Crippen LogP contribution in [0.2, 0.25) is 10.0 Å². The Labute approximate surface area is 286 Å². The molecule has 1 aliphatic rings. The Morgan fingerprint density at radius 2 is 1.77 bits per heavy atom. The smallest absolute Gasteiger partial charge is 0.267 e. The average molecular weight is 694 g/mol. The second-order valence-electron chi connectivity index (χ2n) is 11.1. The van der Waals surface area contributed by atoms with Gasteiger partial charge in [-0.3, -0.25) is 9.59 Å². The Bertz CT molecular complexity index is 1500. The normalized spacial score (nSPS) is 13.6. The fourth-order valence-corrected chi connectivity index (χ4v) is 4.42. The summed E-state index contributed by atoms with van der Waals surface area (Å²) in [5.74, 6) is -4.20. The Hall–Kier alpha value is -3.58. The van der Waals surface area contributed by atoms with Crippen LogP contribution in [0.25, 0.3) is 5.57 Å². The van der Waals surface area contributed by atoms with Gasteiger partial charge in [-0.15, -0.1) is 0 Å². The van der Waals surface area contributed by atoms with Crippen LogP contribution in [0.3, 0.4) is 0 Å². The molecular weight excluding hydrogens is 648 g/mol. The van der Waals surface area contributed by atoms with E-state index in [2.05, 4.69) is 23.6 Å². The second-order valence-corrected chi connectivity index (χ2v) is 11.9. The third kappa shape index (κ3) is 14.8. The number of nitrogens with zero attached hydrogens (tertiary/aromatic N) is 1. The summed E-state index contributed by atoms with van der Waals surface area (Å²) >= 11 is 11.6. The summed E-state index contributed by atoms with van der Waals surface area (Å²) in [4.78, 5) is 24.6. The molecule has 0 spiro atoms. The number of benzene rings is 2. The van der Waals surface area contributed by atoms with E-state index in [0.29, 0.717) is 34.1 Å². The first-order valence-corrected chi connectivity index (χ1v) is 16.2. The topological polar surface area (TPSA) is 108 Å². The van der Waals surface area contributed by atoms with Crippen molar-refractivity contribution in [3.8, 4) is 6.07 Å². The van der Waals surface area contributed by atoms with Gasteiger partial charge in [-0.1, -0.05) is 55.6 Å². The number of hydrogen-bond acceptors (Lipinski definition) is 4. The highest BCUT2D eigenvalue weighted by Gasteiger charge is 2.27. The van der Waals surface area contributed by atoms with Crippen molar-refractivity contribution in [1.82, 2.24) is 10.6 Å². The predicted molar refractivity (Wildman–Crippen MR) is 186 cm³/mol. The zero-order chi connectivity index (χ0) is 35.7. The lowest BCUT2D eigenvalue weighted by molar-refractivity contribution is -0.117. The molecule has 3 rings (SSSR count). The Balaban J connectivity index is 0.000000524. The van der Waals surface area contributed by atoms with Crippen molar-refractivity contribution in [1.29, 1.82) is 5.26 Å². The fourth-order valence-electron chi connectivity index (χ4n) is 4.06. The number of rotatable bonds is 11. The summed E-state index contributed by atoms with van der Waals surface area (Å²) in [5, 5.41) is 14.4. The third-order valence-corrected chi connectivity index (χ3v) is 7.69. The van der Waals surface area contributed by atoms with Crippen LogP contribution < -0.4 is 16.4 Å². The molecule has 0 unspecified atom stereocenters. The quantitative estimate of drug-likeness (QED) is 0.161. The summed E-state index contributed by atoms with van der Waals surface area (Å²) in [6, 6.07) is 11.7. The molecule has 1 saturated carbocycles. The van der Waals surface area contributed by atoms with Gasteiger partial charge >= 0.3 is 0 Å². The van der Waals surface area contributed by atoms with Crippen molar-refractivity contribution in [3.05, 3.63) is 97.8 Å². The largest absolute Gasteiger partial charge is 0.355 e. The fraction of sp³-hybridized carbons (Fsp3) is 0.417. The van der Waals surface area contributed by atoms with Gasteiger partial charge < -0.3 is 16.4 Å². The zero-order valence-electron chi connectivity index (χ0n) is 27.9. The Morgan fingerprint density at radius 3 is 2.23 bits per heavy atom. The molecule has 6 nitrogen and oxygen atoms in total.